The van der Waals surface area contributed by atoms with Crippen molar-refractivity contribution in [3.05, 3.63) is 89.0 Å². The van der Waals surface area contributed by atoms with Crippen molar-refractivity contribution in [1.82, 2.24) is 5.32 Å². The van der Waals surface area contributed by atoms with Crippen molar-refractivity contribution in [3.8, 4) is 11.5 Å². The fourth-order valence-corrected chi connectivity index (χ4v) is 3.93. The summed E-state index contributed by atoms with van der Waals surface area (Å²) in [5.41, 5.74) is 3.86. The first-order chi connectivity index (χ1) is 17.7. The molecule has 0 saturated carbocycles. The summed E-state index contributed by atoms with van der Waals surface area (Å²) in [6, 6.07) is 19.2. The Hall–Kier alpha value is -4.50. The second-order valence-corrected chi connectivity index (χ2v) is 8.75. The van der Waals surface area contributed by atoms with Gasteiger partial charge in [0, 0.05) is 5.69 Å². The largest absolute Gasteiger partial charge is 0.497 e. The van der Waals surface area contributed by atoms with Crippen LogP contribution in [0.3, 0.4) is 0 Å². The molecule has 3 amide bonds. The molecule has 8 nitrogen and oxygen atoms in total. The standard InChI is InChI=1S/C28H25N3O5S/c1-17-7-8-20(13-18(17)2)29-25(32)16-36-23-6-4-5-19(14-23)15-24-26(33)30-28(37)31(27(24)34)21-9-11-22(35-3)12-10-21/h4-15H,16H2,1-3H3,(H,29,32)(H,30,33,37)/b24-15+. The van der Waals surface area contributed by atoms with E-state index in [0.717, 1.165) is 11.1 Å². The van der Waals surface area contributed by atoms with E-state index in [0.29, 0.717) is 28.4 Å². The average molecular weight is 516 g/mol. The van der Waals surface area contributed by atoms with Gasteiger partial charge >= 0.3 is 0 Å². The van der Waals surface area contributed by atoms with Gasteiger partial charge in [-0.3, -0.25) is 24.6 Å². The normalized spacial score (nSPS) is 14.4. The zero-order valence-electron chi connectivity index (χ0n) is 20.5. The molecule has 4 rings (SSSR count). The van der Waals surface area contributed by atoms with E-state index in [1.54, 1.807) is 55.6 Å². The molecule has 1 heterocycles. The average Bonchev–Trinajstić information content (AvgIpc) is 2.88. The van der Waals surface area contributed by atoms with Gasteiger partial charge in [0.2, 0.25) is 0 Å². The molecule has 9 heteroatoms. The summed E-state index contributed by atoms with van der Waals surface area (Å²) in [6.45, 7) is 3.77. The quantitative estimate of drug-likeness (QED) is 0.279. The lowest BCUT2D eigenvalue weighted by molar-refractivity contribution is -0.122. The van der Waals surface area contributed by atoms with Crippen LogP contribution in [-0.4, -0.2) is 36.6 Å². The number of nitrogens with zero attached hydrogens (tertiary/aromatic N) is 1. The van der Waals surface area contributed by atoms with Crippen molar-refractivity contribution in [1.29, 1.82) is 0 Å². The number of nitrogens with one attached hydrogen (secondary N) is 2. The molecule has 0 aromatic heterocycles. The van der Waals surface area contributed by atoms with E-state index >= 15 is 0 Å². The molecule has 3 aromatic rings. The third-order valence-electron chi connectivity index (χ3n) is 5.76. The monoisotopic (exact) mass is 515 g/mol. The molecule has 0 unspecified atom stereocenters. The minimum atomic E-state index is -0.598. The first-order valence-corrected chi connectivity index (χ1v) is 11.8. The summed E-state index contributed by atoms with van der Waals surface area (Å²) in [6.07, 6.45) is 1.46. The van der Waals surface area contributed by atoms with E-state index < -0.39 is 11.8 Å². The van der Waals surface area contributed by atoms with Gasteiger partial charge in [-0.2, -0.15) is 0 Å². The van der Waals surface area contributed by atoms with Crippen LogP contribution in [0.5, 0.6) is 11.5 Å². The van der Waals surface area contributed by atoms with Crippen LogP contribution in [0, 0.1) is 13.8 Å². The van der Waals surface area contributed by atoms with Gasteiger partial charge in [0.15, 0.2) is 11.7 Å². The maximum absolute atomic E-state index is 13.2. The van der Waals surface area contributed by atoms with Crippen molar-refractivity contribution >= 4 is 52.5 Å². The number of aryl methyl sites for hydroxylation is 2. The minimum Gasteiger partial charge on any atom is -0.497 e. The third-order valence-corrected chi connectivity index (χ3v) is 6.05. The highest BCUT2D eigenvalue weighted by molar-refractivity contribution is 7.80. The number of amides is 3. The van der Waals surface area contributed by atoms with Crippen LogP contribution >= 0.6 is 12.2 Å². The van der Waals surface area contributed by atoms with Crippen LogP contribution in [0.15, 0.2) is 72.3 Å². The number of methoxy groups -OCH3 is 1. The highest BCUT2D eigenvalue weighted by Crippen LogP contribution is 2.25. The van der Waals surface area contributed by atoms with Crippen LogP contribution in [0.2, 0.25) is 0 Å². The molecule has 0 aliphatic carbocycles. The van der Waals surface area contributed by atoms with E-state index in [1.165, 1.54) is 11.0 Å². The molecule has 0 spiro atoms. The number of carbonyl (C=O) groups excluding carboxylic acids is 3. The third kappa shape index (κ3) is 6.02. The summed E-state index contributed by atoms with van der Waals surface area (Å²) < 4.78 is 10.8. The summed E-state index contributed by atoms with van der Waals surface area (Å²) in [7, 11) is 1.54. The van der Waals surface area contributed by atoms with E-state index in [-0.39, 0.29) is 23.2 Å². The molecule has 2 N–H and O–H groups in total. The molecule has 1 saturated heterocycles. The van der Waals surface area contributed by atoms with Crippen LogP contribution < -0.4 is 25.0 Å². The Kier molecular flexibility index (Phi) is 7.64. The predicted molar refractivity (Wildman–Crippen MR) is 146 cm³/mol. The van der Waals surface area contributed by atoms with Gasteiger partial charge in [0.1, 0.15) is 17.1 Å². The van der Waals surface area contributed by atoms with Gasteiger partial charge < -0.3 is 14.8 Å². The molecule has 188 valence electrons. The summed E-state index contributed by atoms with van der Waals surface area (Å²) in [5, 5.41) is 5.35. The lowest BCUT2D eigenvalue weighted by Gasteiger charge is -2.29. The smallest absolute Gasteiger partial charge is 0.270 e. The van der Waals surface area contributed by atoms with E-state index in [9.17, 15) is 14.4 Å². The number of ether oxygens (including phenoxy) is 2. The fraction of sp³-hybridized carbons (Fsp3) is 0.143. The van der Waals surface area contributed by atoms with Crippen molar-refractivity contribution < 1.29 is 23.9 Å². The maximum Gasteiger partial charge on any atom is 0.270 e. The maximum atomic E-state index is 13.2. The lowest BCUT2D eigenvalue weighted by atomic mass is 10.1. The van der Waals surface area contributed by atoms with Gasteiger partial charge in [0.25, 0.3) is 17.7 Å². The summed E-state index contributed by atoms with van der Waals surface area (Å²) >= 11 is 5.24. The molecule has 37 heavy (non-hydrogen) atoms. The Morgan fingerprint density at radius 2 is 1.76 bits per heavy atom. The number of anilines is 2. The van der Waals surface area contributed by atoms with Crippen LogP contribution in [0.1, 0.15) is 16.7 Å². The molecule has 1 aliphatic heterocycles. The Morgan fingerprint density at radius 3 is 2.46 bits per heavy atom. The van der Waals surface area contributed by atoms with Gasteiger partial charge in [-0.05, 0) is 97.4 Å². The van der Waals surface area contributed by atoms with Crippen LogP contribution in [-0.2, 0) is 14.4 Å². The van der Waals surface area contributed by atoms with Crippen molar-refractivity contribution in [2.75, 3.05) is 23.9 Å². The van der Waals surface area contributed by atoms with Crippen molar-refractivity contribution in [2.24, 2.45) is 0 Å². The SMILES string of the molecule is COc1ccc(N2C(=O)/C(=C/c3cccc(OCC(=O)Nc4ccc(C)c(C)c4)c3)C(=O)NC2=S)cc1. The molecule has 3 aromatic carbocycles. The second kappa shape index (κ2) is 11.0. The molecule has 0 bridgehead atoms. The highest BCUT2D eigenvalue weighted by Gasteiger charge is 2.34. The Balaban J connectivity index is 1.47. The number of hydrogen-bond donors (Lipinski definition) is 2. The number of carbonyl (C=O) groups is 3. The van der Waals surface area contributed by atoms with Gasteiger partial charge in [-0.25, -0.2) is 0 Å². The van der Waals surface area contributed by atoms with Crippen LogP contribution in [0.25, 0.3) is 6.08 Å². The van der Waals surface area contributed by atoms with E-state index in [1.807, 2.05) is 32.0 Å². The zero-order valence-corrected chi connectivity index (χ0v) is 21.3. The number of benzene rings is 3. The number of hydrogen-bond acceptors (Lipinski definition) is 6. The van der Waals surface area contributed by atoms with Gasteiger partial charge in [0.05, 0.1) is 12.8 Å². The Labute approximate surface area is 219 Å². The van der Waals surface area contributed by atoms with E-state index in [4.69, 9.17) is 21.7 Å². The van der Waals surface area contributed by atoms with Gasteiger partial charge in [-0.1, -0.05) is 18.2 Å². The van der Waals surface area contributed by atoms with Crippen molar-refractivity contribution in [3.63, 3.8) is 0 Å². The molecular weight excluding hydrogens is 490 g/mol. The second-order valence-electron chi connectivity index (χ2n) is 8.36. The molecular formula is C28H25N3O5S. The summed E-state index contributed by atoms with van der Waals surface area (Å²) in [5.74, 6) is -0.427. The molecule has 1 fully saturated rings. The molecule has 0 atom stereocenters. The zero-order chi connectivity index (χ0) is 26.5. The van der Waals surface area contributed by atoms with E-state index in [2.05, 4.69) is 10.6 Å². The fourth-order valence-electron chi connectivity index (χ4n) is 3.65. The minimum absolute atomic E-state index is 0.0100. The Bertz CT molecular complexity index is 1420. The van der Waals surface area contributed by atoms with Crippen LogP contribution in [0.4, 0.5) is 11.4 Å². The molecule has 0 radical (unpaired) electrons. The first-order valence-electron chi connectivity index (χ1n) is 11.4. The Morgan fingerprint density at radius 1 is 1.00 bits per heavy atom. The number of thiocarbonyl (C=S) groups is 1. The summed E-state index contributed by atoms with van der Waals surface area (Å²) in [4.78, 5) is 39.4. The molecule has 1 aliphatic rings. The first kappa shape index (κ1) is 25.6. The lowest BCUT2D eigenvalue weighted by Crippen LogP contribution is -2.54. The van der Waals surface area contributed by atoms with Gasteiger partial charge in [-0.15, -0.1) is 0 Å². The topological polar surface area (TPSA) is 97.0 Å². The highest BCUT2D eigenvalue weighted by atomic mass is 32.1. The predicted octanol–water partition coefficient (Wildman–Crippen LogP) is 4.16. The van der Waals surface area contributed by atoms with Crippen molar-refractivity contribution in [2.45, 2.75) is 13.8 Å². The number of rotatable bonds is 7.